The minimum Gasteiger partial charge on any atom is -0.387 e. The molecule has 0 radical (unpaired) electrons. The molecule has 0 saturated heterocycles. The van der Waals surface area contributed by atoms with Crippen LogP contribution in [0.5, 0.6) is 5.75 Å². The Morgan fingerprint density at radius 1 is 1.06 bits per heavy atom. The van der Waals surface area contributed by atoms with E-state index in [-0.39, 0.29) is 22.8 Å². The van der Waals surface area contributed by atoms with Gasteiger partial charge in [0.15, 0.2) is 0 Å². The molecule has 3 aromatic carbocycles. The zero-order chi connectivity index (χ0) is 22.6. The molecule has 0 aliphatic rings. The predicted octanol–water partition coefficient (Wildman–Crippen LogP) is 3.67. The van der Waals surface area contributed by atoms with Gasteiger partial charge in [0.1, 0.15) is 16.5 Å². The molecule has 1 amide bonds. The minimum atomic E-state index is -4.02. The topological polar surface area (TPSA) is 92.7 Å². The van der Waals surface area contributed by atoms with Crippen molar-refractivity contribution in [3.8, 4) is 5.75 Å². The van der Waals surface area contributed by atoms with Crippen molar-refractivity contribution in [2.24, 2.45) is 0 Å². The Kier molecular flexibility index (Phi) is 6.72. The van der Waals surface area contributed by atoms with Crippen LogP contribution in [0.1, 0.15) is 33.2 Å². The average molecular weight is 443 g/mol. The minimum absolute atomic E-state index is 0.0669. The molecule has 1 unspecified atom stereocenters. The third kappa shape index (κ3) is 5.68. The SMILES string of the molecule is Cc1ccc(C)c(S(=O)(=O)Oc2ccc(C(=O)NCC(O)c3cccc(F)c3)cc2)c1. The highest BCUT2D eigenvalue weighted by Gasteiger charge is 2.20. The molecule has 162 valence electrons. The summed E-state index contributed by atoms with van der Waals surface area (Å²) in [7, 11) is -4.02. The van der Waals surface area contributed by atoms with Crippen LogP contribution in [-0.2, 0) is 10.1 Å². The van der Waals surface area contributed by atoms with E-state index in [1.54, 1.807) is 26.0 Å². The molecule has 0 fully saturated rings. The van der Waals surface area contributed by atoms with E-state index in [1.807, 2.05) is 6.07 Å². The van der Waals surface area contributed by atoms with E-state index in [9.17, 15) is 22.7 Å². The number of aryl methyl sites for hydroxylation is 2. The second-order valence-electron chi connectivity index (χ2n) is 7.11. The Labute approximate surface area is 180 Å². The van der Waals surface area contributed by atoms with Crippen LogP contribution in [0, 0.1) is 19.7 Å². The van der Waals surface area contributed by atoms with E-state index in [2.05, 4.69) is 5.32 Å². The number of amides is 1. The van der Waals surface area contributed by atoms with Crippen LogP contribution in [0.4, 0.5) is 4.39 Å². The summed E-state index contributed by atoms with van der Waals surface area (Å²) in [6.45, 7) is 3.36. The summed E-state index contributed by atoms with van der Waals surface area (Å²) in [5.74, 6) is -0.883. The number of aliphatic hydroxyl groups is 1. The summed E-state index contributed by atoms with van der Waals surface area (Å²) in [5, 5.41) is 12.6. The number of aliphatic hydroxyl groups excluding tert-OH is 1. The molecule has 0 spiro atoms. The van der Waals surface area contributed by atoms with Crippen LogP contribution < -0.4 is 9.50 Å². The molecule has 3 aromatic rings. The van der Waals surface area contributed by atoms with Crippen LogP contribution in [0.3, 0.4) is 0 Å². The first kappa shape index (κ1) is 22.5. The van der Waals surface area contributed by atoms with Crippen LogP contribution in [0.15, 0.2) is 71.6 Å². The molecule has 2 N–H and O–H groups in total. The van der Waals surface area contributed by atoms with Crippen LogP contribution >= 0.6 is 0 Å². The Balaban J connectivity index is 1.64. The van der Waals surface area contributed by atoms with E-state index in [0.29, 0.717) is 11.1 Å². The number of carbonyl (C=O) groups excluding carboxylic acids is 1. The normalized spacial score (nSPS) is 12.3. The van der Waals surface area contributed by atoms with Crippen molar-refractivity contribution in [2.75, 3.05) is 6.54 Å². The maximum absolute atomic E-state index is 13.2. The quantitative estimate of drug-likeness (QED) is 0.544. The molecule has 0 aliphatic carbocycles. The number of nitrogens with one attached hydrogen (secondary N) is 1. The lowest BCUT2D eigenvalue weighted by Crippen LogP contribution is -2.28. The Morgan fingerprint density at radius 3 is 2.45 bits per heavy atom. The van der Waals surface area contributed by atoms with Crippen LogP contribution in [-0.4, -0.2) is 26.0 Å². The highest BCUT2D eigenvalue weighted by molar-refractivity contribution is 7.87. The lowest BCUT2D eigenvalue weighted by Gasteiger charge is -2.13. The van der Waals surface area contributed by atoms with E-state index in [1.165, 1.54) is 48.5 Å². The molecule has 31 heavy (non-hydrogen) atoms. The van der Waals surface area contributed by atoms with Gasteiger partial charge in [0.05, 0.1) is 6.10 Å². The van der Waals surface area contributed by atoms with Crippen molar-refractivity contribution < 1.29 is 26.9 Å². The van der Waals surface area contributed by atoms with Crippen molar-refractivity contribution in [1.29, 1.82) is 0 Å². The van der Waals surface area contributed by atoms with Gasteiger partial charge in [-0.3, -0.25) is 4.79 Å². The fourth-order valence-electron chi connectivity index (χ4n) is 2.93. The van der Waals surface area contributed by atoms with Crippen LogP contribution in [0.2, 0.25) is 0 Å². The molecule has 8 heteroatoms. The lowest BCUT2D eigenvalue weighted by molar-refractivity contribution is 0.0916. The van der Waals surface area contributed by atoms with Gasteiger partial charge in [-0.1, -0.05) is 24.3 Å². The first-order valence-corrected chi connectivity index (χ1v) is 10.9. The van der Waals surface area contributed by atoms with Gasteiger partial charge in [-0.25, -0.2) is 4.39 Å². The van der Waals surface area contributed by atoms with Crippen molar-refractivity contribution in [3.05, 3.63) is 94.8 Å². The Bertz CT molecular complexity index is 1190. The molecular formula is C23H22FNO5S. The predicted molar refractivity (Wildman–Crippen MR) is 114 cm³/mol. The molecule has 0 bridgehead atoms. The molecule has 3 rings (SSSR count). The summed E-state index contributed by atoms with van der Waals surface area (Å²) in [5.41, 5.74) is 1.96. The molecule has 0 saturated carbocycles. The zero-order valence-corrected chi connectivity index (χ0v) is 17.8. The van der Waals surface area contributed by atoms with Gasteiger partial charge in [-0.05, 0) is 73.0 Å². The standard InChI is InChI=1S/C23H22FNO5S/c1-15-6-7-16(2)22(12-15)31(28,29)30-20-10-8-17(9-11-20)23(27)25-14-21(26)18-4-3-5-19(24)13-18/h3-13,21,26H,14H2,1-2H3,(H,25,27). The van der Waals surface area contributed by atoms with Gasteiger partial charge < -0.3 is 14.6 Å². The molecule has 6 nitrogen and oxygen atoms in total. The number of hydrogen-bond donors (Lipinski definition) is 2. The number of rotatable bonds is 7. The monoisotopic (exact) mass is 443 g/mol. The van der Waals surface area contributed by atoms with Gasteiger partial charge in [0.25, 0.3) is 5.91 Å². The van der Waals surface area contributed by atoms with E-state index < -0.39 is 27.9 Å². The fraction of sp³-hybridized carbons (Fsp3) is 0.174. The number of carbonyl (C=O) groups is 1. The van der Waals surface area contributed by atoms with Crippen molar-refractivity contribution in [2.45, 2.75) is 24.8 Å². The van der Waals surface area contributed by atoms with E-state index >= 15 is 0 Å². The number of benzene rings is 3. The average Bonchev–Trinajstić information content (AvgIpc) is 2.73. The molecule has 0 aliphatic heterocycles. The Hall–Kier alpha value is -3.23. The largest absolute Gasteiger partial charge is 0.387 e. The summed E-state index contributed by atoms with van der Waals surface area (Å²) in [6.07, 6.45) is -1.06. The second kappa shape index (κ2) is 9.28. The lowest BCUT2D eigenvalue weighted by atomic mass is 10.1. The second-order valence-corrected chi connectivity index (χ2v) is 8.63. The van der Waals surface area contributed by atoms with Crippen molar-refractivity contribution in [3.63, 3.8) is 0 Å². The van der Waals surface area contributed by atoms with Gasteiger partial charge in [0.2, 0.25) is 0 Å². The zero-order valence-electron chi connectivity index (χ0n) is 17.0. The molecular weight excluding hydrogens is 421 g/mol. The van der Waals surface area contributed by atoms with E-state index in [4.69, 9.17) is 4.18 Å². The fourth-order valence-corrected chi connectivity index (χ4v) is 4.18. The highest BCUT2D eigenvalue weighted by Crippen LogP contribution is 2.23. The van der Waals surface area contributed by atoms with Crippen LogP contribution in [0.25, 0.3) is 0 Å². The summed E-state index contributed by atoms with van der Waals surface area (Å²) >= 11 is 0. The molecule has 1 atom stereocenters. The number of hydrogen-bond acceptors (Lipinski definition) is 5. The van der Waals surface area contributed by atoms with Gasteiger partial charge in [-0.15, -0.1) is 0 Å². The van der Waals surface area contributed by atoms with Gasteiger partial charge in [-0.2, -0.15) is 8.42 Å². The third-order valence-electron chi connectivity index (χ3n) is 4.62. The Morgan fingerprint density at radius 2 is 1.77 bits per heavy atom. The van der Waals surface area contributed by atoms with Gasteiger partial charge >= 0.3 is 10.1 Å². The first-order valence-electron chi connectivity index (χ1n) is 9.49. The molecule has 0 aromatic heterocycles. The van der Waals surface area contributed by atoms with Crippen molar-refractivity contribution >= 4 is 16.0 Å². The summed E-state index contributed by atoms with van der Waals surface area (Å²) < 4.78 is 43.6. The first-order chi connectivity index (χ1) is 14.7. The summed E-state index contributed by atoms with van der Waals surface area (Å²) in [6, 6.07) is 16.1. The van der Waals surface area contributed by atoms with E-state index in [0.717, 1.165) is 5.56 Å². The third-order valence-corrected chi connectivity index (χ3v) is 6.02. The van der Waals surface area contributed by atoms with Crippen molar-refractivity contribution in [1.82, 2.24) is 5.32 Å². The smallest absolute Gasteiger partial charge is 0.339 e. The summed E-state index contributed by atoms with van der Waals surface area (Å²) in [4.78, 5) is 12.4. The molecule has 0 heterocycles. The maximum Gasteiger partial charge on any atom is 0.339 e. The van der Waals surface area contributed by atoms with Gasteiger partial charge in [0, 0.05) is 12.1 Å². The number of halogens is 1. The maximum atomic E-state index is 13.2. The highest BCUT2D eigenvalue weighted by atomic mass is 32.2.